The summed E-state index contributed by atoms with van der Waals surface area (Å²) in [6.07, 6.45) is 2.16. The Kier molecular flexibility index (Phi) is 4.64. The quantitative estimate of drug-likeness (QED) is 0.743. The normalized spacial score (nSPS) is 11.2. The number of rotatable bonds is 4. The molecule has 2 N–H and O–H groups in total. The second kappa shape index (κ2) is 6.70. The fourth-order valence-corrected chi connectivity index (χ4v) is 3.46. The van der Waals surface area contributed by atoms with E-state index >= 15 is 0 Å². The van der Waals surface area contributed by atoms with E-state index in [9.17, 15) is 9.59 Å². The minimum Gasteiger partial charge on any atom is -0.359 e. The topological polar surface area (TPSA) is 87.7 Å². The van der Waals surface area contributed by atoms with Gasteiger partial charge >= 0.3 is 0 Å². The number of hydrogen-bond donors (Lipinski definition) is 2. The van der Waals surface area contributed by atoms with E-state index in [-0.39, 0.29) is 11.0 Å². The van der Waals surface area contributed by atoms with Crippen molar-refractivity contribution in [3.05, 3.63) is 50.2 Å². The lowest BCUT2D eigenvalue weighted by atomic mass is 10.1. The summed E-state index contributed by atoms with van der Waals surface area (Å²) in [7, 11) is 0. The summed E-state index contributed by atoms with van der Waals surface area (Å²) >= 11 is 7.36. The van der Waals surface area contributed by atoms with Crippen molar-refractivity contribution >= 4 is 44.9 Å². The molecule has 0 saturated carbocycles. The molecule has 0 unspecified atom stereocenters. The SMILES string of the molecule is CC(C)Cc1nnc(NC(=O)c2c[nH]c3c(Cl)cccc3c2=O)s1. The van der Waals surface area contributed by atoms with Crippen LogP contribution in [0.5, 0.6) is 0 Å². The van der Waals surface area contributed by atoms with Gasteiger partial charge in [-0.3, -0.25) is 14.9 Å². The number of fused-ring (bicyclic) bond motifs is 1. The van der Waals surface area contributed by atoms with Gasteiger partial charge in [-0.25, -0.2) is 0 Å². The summed E-state index contributed by atoms with van der Waals surface area (Å²) in [5.41, 5.74) is 0.136. The summed E-state index contributed by atoms with van der Waals surface area (Å²) in [6, 6.07) is 4.98. The largest absolute Gasteiger partial charge is 0.359 e. The predicted octanol–water partition coefficient (Wildman–Crippen LogP) is 3.48. The van der Waals surface area contributed by atoms with Crippen LogP contribution in [0.1, 0.15) is 29.2 Å². The van der Waals surface area contributed by atoms with Crippen LogP contribution in [0.2, 0.25) is 5.02 Å². The van der Waals surface area contributed by atoms with Crippen molar-refractivity contribution in [3.63, 3.8) is 0 Å². The van der Waals surface area contributed by atoms with Gasteiger partial charge in [0.15, 0.2) is 0 Å². The first-order chi connectivity index (χ1) is 11.5. The number of benzene rings is 1. The molecule has 2 aromatic heterocycles. The molecule has 0 bridgehead atoms. The molecule has 0 aliphatic heterocycles. The number of anilines is 1. The van der Waals surface area contributed by atoms with E-state index in [1.54, 1.807) is 18.2 Å². The average Bonchev–Trinajstić information content (AvgIpc) is 2.94. The molecule has 8 heteroatoms. The van der Waals surface area contributed by atoms with Crippen molar-refractivity contribution in [2.24, 2.45) is 5.92 Å². The number of halogens is 1. The first-order valence-corrected chi connectivity index (χ1v) is 8.59. The Morgan fingerprint density at radius 3 is 2.92 bits per heavy atom. The molecule has 3 aromatic rings. The molecule has 0 spiro atoms. The number of carbonyl (C=O) groups excluding carboxylic acids is 1. The average molecular weight is 363 g/mol. The van der Waals surface area contributed by atoms with Crippen molar-refractivity contribution in [3.8, 4) is 0 Å². The third kappa shape index (κ3) is 3.32. The van der Waals surface area contributed by atoms with Crippen molar-refractivity contribution in [2.45, 2.75) is 20.3 Å². The van der Waals surface area contributed by atoms with Crippen LogP contribution in [0, 0.1) is 5.92 Å². The maximum atomic E-state index is 12.5. The highest BCUT2D eigenvalue weighted by molar-refractivity contribution is 7.15. The molecule has 0 saturated heterocycles. The van der Waals surface area contributed by atoms with Gasteiger partial charge in [0.05, 0.1) is 10.5 Å². The standard InChI is InChI=1S/C16H15ClN4O2S/c1-8(2)6-12-20-21-16(24-12)19-15(23)10-7-18-13-9(14(10)22)4-3-5-11(13)17/h3-5,7-8H,6H2,1-2H3,(H,18,22)(H,19,21,23). The van der Waals surface area contributed by atoms with E-state index in [0.717, 1.165) is 11.4 Å². The van der Waals surface area contributed by atoms with E-state index in [2.05, 4.69) is 34.3 Å². The molecular formula is C16H15ClN4O2S. The van der Waals surface area contributed by atoms with E-state index in [0.29, 0.717) is 27.0 Å². The van der Waals surface area contributed by atoms with Crippen molar-refractivity contribution in [1.82, 2.24) is 15.2 Å². The third-order valence-electron chi connectivity index (χ3n) is 3.38. The van der Waals surface area contributed by atoms with Crippen LogP contribution in [0.4, 0.5) is 5.13 Å². The van der Waals surface area contributed by atoms with Crippen LogP contribution in [-0.2, 0) is 6.42 Å². The maximum absolute atomic E-state index is 12.5. The molecular weight excluding hydrogens is 348 g/mol. The van der Waals surface area contributed by atoms with Gasteiger partial charge in [0, 0.05) is 18.0 Å². The highest BCUT2D eigenvalue weighted by Crippen LogP contribution is 2.20. The number of hydrogen-bond acceptors (Lipinski definition) is 5. The summed E-state index contributed by atoms with van der Waals surface area (Å²) < 4.78 is 0. The second-order valence-corrected chi connectivity index (χ2v) is 7.22. The minimum absolute atomic E-state index is 0.00498. The lowest BCUT2D eigenvalue weighted by Gasteiger charge is -2.04. The van der Waals surface area contributed by atoms with E-state index < -0.39 is 5.91 Å². The third-order valence-corrected chi connectivity index (χ3v) is 4.55. The van der Waals surface area contributed by atoms with Gasteiger partial charge < -0.3 is 4.98 Å². The van der Waals surface area contributed by atoms with Crippen molar-refractivity contribution in [2.75, 3.05) is 5.32 Å². The Morgan fingerprint density at radius 2 is 2.17 bits per heavy atom. The number of nitrogens with one attached hydrogen (secondary N) is 2. The summed E-state index contributed by atoms with van der Waals surface area (Å²) in [5.74, 6) is -0.0695. The van der Waals surface area contributed by atoms with Gasteiger partial charge in [0.25, 0.3) is 5.91 Å². The Bertz CT molecular complexity index is 964. The Balaban J connectivity index is 1.88. The van der Waals surface area contributed by atoms with Crippen LogP contribution in [0.3, 0.4) is 0 Å². The molecule has 1 amide bonds. The molecule has 2 heterocycles. The molecule has 0 fully saturated rings. The summed E-state index contributed by atoms with van der Waals surface area (Å²) in [5, 5.41) is 12.6. The van der Waals surface area contributed by atoms with Crippen molar-refractivity contribution in [1.29, 1.82) is 0 Å². The number of nitrogens with zero attached hydrogens (tertiary/aromatic N) is 2. The number of pyridine rings is 1. The minimum atomic E-state index is -0.523. The molecule has 24 heavy (non-hydrogen) atoms. The smallest absolute Gasteiger partial charge is 0.262 e. The second-order valence-electron chi connectivity index (χ2n) is 5.75. The van der Waals surface area contributed by atoms with Crippen LogP contribution in [0.25, 0.3) is 10.9 Å². The number of aromatic nitrogens is 3. The Labute approximate surface area is 146 Å². The van der Waals surface area contributed by atoms with Crippen LogP contribution in [0.15, 0.2) is 29.2 Å². The molecule has 124 valence electrons. The predicted molar refractivity (Wildman–Crippen MR) is 96.0 cm³/mol. The highest BCUT2D eigenvalue weighted by Gasteiger charge is 2.16. The molecule has 0 aliphatic rings. The molecule has 0 aliphatic carbocycles. The first kappa shape index (κ1) is 16.6. The number of amides is 1. The summed E-state index contributed by atoms with van der Waals surface area (Å²) in [4.78, 5) is 27.8. The zero-order valence-electron chi connectivity index (χ0n) is 13.1. The maximum Gasteiger partial charge on any atom is 0.262 e. The zero-order valence-corrected chi connectivity index (χ0v) is 14.7. The number of para-hydroxylation sites is 1. The molecule has 1 aromatic carbocycles. The Morgan fingerprint density at radius 1 is 1.38 bits per heavy atom. The van der Waals surface area contributed by atoms with Gasteiger partial charge in [-0.1, -0.05) is 42.9 Å². The van der Waals surface area contributed by atoms with Gasteiger partial charge in [0.1, 0.15) is 10.6 Å². The molecule has 0 atom stereocenters. The highest BCUT2D eigenvalue weighted by atomic mass is 35.5. The van der Waals surface area contributed by atoms with Gasteiger partial charge in [0.2, 0.25) is 10.6 Å². The van der Waals surface area contributed by atoms with Gasteiger partial charge in [-0.05, 0) is 18.1 Å². The number of aromatic amines is 1. The first-order valence-electron chi connectivity index (χ1n) is 7.39. The van der Waals surface area contributed by atoms with E-state index in [1.807, 2.05) is 0 Å². The van der Waals surface area contributed by atoms with Gasteiger partial charge in [-0.2, -0.15) is 0 Å². The van der Waals surface area contributed by atoms with E-state index in [4.69, 9.17) is 11.6 Å². The zero-order chi connectivity index (χ0) is 17.3. The van der Waals surface area contributed by atoms with Crippen LogP contribution in [-0.4, -0.2) is 21.1 Å². The lowest BCUT2D eigenvalue weighted by Crippen LogP contribution is -2.21. The summed E-state index contributed by atoms with van der Waals surface area (Å²) in [6.45, 7) is 4.17. The fraction of sp³-hybridized carbons (Fsp3) is 0.250. The lowest BCUT2D eigenvalue weighted by molar-refractivity contribution is 0.102. The molecule has 0 radical (unpaired) electrons. The molecule has 3 rings (SSSR count). The van der Waals surface area contributed by atoms with Gasteiger partial charge in [-0.15, -0.1) is 10.2 Å². The number of H-pyrrole nitrogens is 1. The van der Waals surface area contributed by atoms with Crippen LogP contribution >= 0.6 is 22.9 Å². The fourth-order valence-electron chi connectivity index (χ4n) is 2.28. The monoisotopic (exact) mass is 362 g/mol. The number of carbonyl (C=O) groups is 1. The van der Waals surface area contributed by atoms with Crippen molar-refractivity contribution < 1.29 is 4.79 Å². The molecule has 6 nitrogen and oxygen atoms in total. The van der Waals surface area contributed by atoms with Crippen LogP contribution < -0.4 is 10.7 Å². The van der Waals surface area contributed by atoms with E-state index in [1.165, 1.54) is 17.5 Å². The Hall–Kier alpha value is -2.25.